The van der Waals surface area contributed by atoms with Gasteiger partial charge in [-0.2, -0.15) is 0 Å². The minimum atomic E-state index is -0.205. The first kappa shape index (κ1) is 17.4. The third kappa shape index (κ3) is 5.27. The highest BCUT2D eigenvalue weighted by Crippen LogP contribution is 2.13. The molecule has 3 rings (SSSR count). The second-order valence-corrected chi connectivity index (χ2v) is 6.74. The monoisotopic (exact) mass is 356 g/mol. The zero-order chi connectivity index (χ0) is 17.5. The van der Waals surface area contributed by atoms with Crippen molar-refractivity contribution in [3.63, 3.8) is 0 Å². The van der Waals surface area contributed by atoms with Crippen molar-refractivity contribution in [1.29, 1.82) is 0 Å². The Kier molecular flexibility index (Phi) is 5.98. The van der Waals surface area contributed by atoms with Crippen molar-refractivity contribution < 1.29 is 14.3 Å². The van der Waals surface area contributed by atoms with Crippen LogP contribution >= 0.6 is 11.3 Å². The van der Waals surface area contributed by atoms with Gasteiger partial charge in [-0.15, -0.1) is 11.3 Å². The molecule has 1 aromatic carbocycles. The van der Waals surface area contributed by atoms with Crippen molar-refractivity contribution in [3.8, 4) is 0 Å². The van der Waals surface area contributed by atoms with Gasteiger partial charge >= 0.3 is 0 Å². The Labute approximate surface area is 150 Å². The number of hydrogen-bond donors (Lipinski definition) is 2. The minimum Gasteiger partial charge on any atom is -0.376 e. The fourth-order valence-electron chi connectivity index (χ4n) is 2.55. The van der Waals surface area contributed by atoms with Gasteiger partial charge in [-0.1, -0.05) is 6.07 Å². The summed E-state index contributed by atoms with van der Waals surface area (Å²) in [7, 11) is 0. The van der Waals surface area contributed by atoms with Gasteiger partial charge in [0.2, 0.25) is 5.91 Å². The van der Waals surface area contributed by atoms with E-state index in [1.54, 1.807) is 41.7 Å². The van der Waals surface area contributed by atoms with Gasteiger partial charge in [0, 0.05) is 35.4 Å². The number of thiophene rings is 1. The van der Waals surface area contributed by atoms with Gasteiger partial charge in [0.25, 0.3) is 5.91 Å². The first-order valence-electron chi connectivity index (χ1n) is 8.23. The molecule has 1 aliphatic rings. The summed E-state index contributed by atoms with van der Waals surface area (Å²) >= 11 is 1.57. The van der Waals surface area contributed by atoms with Gasteiger partial charge in [0.1, 0.15) is 0 Å². The number of carbonyl (C=O) groups is 2. The van der Waals surface area contributed by atoms with Crippen LogP contribution in [0.2, 0.25) is 0 Å². The molecule has 2 aromatic rings. The summed E-state index contributed by atoms with van der Waals surface area (Å²) in [5, 5.41) is 7.61. The average Bonchev–Trinajstić information content (AvgIpc) is 3.32. The van der Waals surface area contributed by atoms with Crippen LogP contribution < -0.4 is 10.6 Å². The second-order valence-electron chi connectivity index (χ2n) is 5.76. The van der Waals surface area contributed by atoms with E-state index in [4.69, 9.17) is 4.74 Å². The topological polar surface area (TPSA) is 67.4 Å². The Morgan fingerprint density at radius 2 is 2.08 bits per heavy atom. The molecule has 1 unspecified atom stereocenters. The molecule has 0 saturated carbocycles. The number of rotatable bonds is 6. The van der Waals surface area contributed by atoms with Crippen LogP contribution in [-0.4, -0.2) is 31.1 Å². The summed E-state index contributed by atoms with van der Waals surface area (Å²) in [6.45, 7) is 1.31. The summed E-state index contributed by atoms with van der Waals surface area (Å²) < 4.78 is 5.48. The van der Waals surface area contributed by atoms with Gasteiger partial charge in [-0.05, 0) is 54.6 Å². The predicted octanol–water partition coefficient (Wildman–Crippen LogP) is 3.31. The van der Waals surface area contributed by atoms with Crippen LogP contribution in [0.3, 0.4) is 0 Å². The molecular formula is C19H20N2O3S. The Hall–Kier alpha value is -2.44. The first-order chi connectivity index (χ1) is 12.2. The van der Waals surface area contributed by atoms with Crippen molar-refractivity contribution in [3.05, 3.63) is 58.3 Å². The molecule has 0 bridgehead atoms. The number of nitrogens with one attached hydrogen (secondary N) is 2. The van der Waals surface area contributed by atoms with Crippen molar-refractivity contribution in [2.24, 2.45) is 0 Å². The zero-order valence-electron chi connectivity index (χ0n) is 13.7. The van der Waals surface area contributed by atoms with E-state index in [2.05, 4.69) is 10.6 Å². The maximum absolute atomic E-state index is 12.1. The maximum Gasteiger partial charge on any atom is 0.251 e. The Bertz CT molecular complexity index is 733. The van der Waals surface area contributed by atoms with E-state index in [1.807, 2.05) is 17.5 Å². The van der Waals surface area contributed by atoms with E-state index in [9.17, 15) is 9.59 Å². The Morgan fingerprint density at radius 3 is 2.76 bits per heavy atom. The lowest BCUT2D eigenvalue weighted by Crippen LogP contribution is -2.31. The molecule has 0 spiro atoms. The van der Waals surface area contributed by atoms with Crippen LogP contribution in [0.25, 0.3) is 6.08 Å². The average molecular weight is 356 g/mol. The number of anilines is 1. The molecule has 0 radical (unpaired) electrons. The molecule has 1 atom stereocenters. The van der Waals surface area contributed by atoms with Crippen LogP contribution in [0, 0.1) is 0 Å². The van der Waals surface area contributed by atoms with E-state index < -0.39 is 0 Å². The summed E-state index contributed by atoms with van der Waals surface area (Å²) in [5.41, 5.74) is 1.21. The molecule has 5 nitrogen and oxygen atoms in total. The van der Waals surface area contributed by atoms with Crippen LogP contribution in [-0.2, 0) is 9.53 Å². The molecule has 1 fully saturated rings. The maximum atomic E-state index is 12.1. The van der Waals surface area contributed by atoms with Crippen LogP contribution in [0.15, 0.2) is 47.9 Å². The molecule has 6 heteroatoms. The molecule has 2 amide bonds. The van der Waals surface area contributed by atoms with Crippen molar-refractivity contribution in [1.82, 2.24) is 5.32 Å². The predicted molar refractivity (Wildman–Crippen MR) is 99.7 cm³/mol. The largest absolute Gasteiger partial charge is 0.376 e. The van der Waals surface area contributed by atoms with Crippen molar-refractivity contribution in [2.45, 2.75) is 18.9 Å². The standard InChI is InChI=1S/C19H20N2O3S/c22-18(10-9-17-4-2-12-25-17)21-15-7-5-14(6-8-15)19(23)20-13-16-3-1-11-24-16/h2,4-10,12,16H,1,3,11,13H2,(H,20,23)(H,21,22)/b10-9+. The first-order valence-corrected chi connectivity index (χ1v) is 9.11. The highest BCUT2D eigenvalue weighted by molar-refractivity contribution is 7.10. The lowest BCUT2D eigenvalue weighted by atomic mass is 10.2. The number of amides is 2. The molecule has 1 aliphatic heterocycles. The summed E-state index contributed by atoms with van der Waals surface area (Å²) in [5.74, 6) is -0.338. The van der Waals surface area contributed by atoms with Crippen LogP contribution in [0.1, 0.15) is 28.1 Å². The third-order valence-electron chi connectivity index (χ3n) is 3.87. The highest BCUT2D eigenvalue weighted by atomic mass is 32.1. The van der Waals surface area contributed by atoms with Gasteiger partial charge in [0.15, 0.2) is 0 Å². The second kappa shape index (κ2) is 8.60. The molecule has 2 N–H and O–H groups in total. The van der Waals surface area contributed by atoms with E-state index in [1.165, 1.54) is 6.08 Å². The summed E-state index contributed by atoms with van der Waals surface area (Å²) in [6.07, 6.45) is 5.43. The van der Waals surface area contributed by atoms with E-state index in [0.717, 1.165) is 24.3 Å². The van der Waals surface area contributed by atoms with Crippen LogP contribution in [0.5, 0.6) is 0 Å². The van der Waals surface area contributed by atoms with Gasteiger partial charge in [0.05, 0.1) is 6.10 Å². The van der Waals surface area contributed by atoms with Gasteiger partial charge in [-0.3, -0.25) is 9.59 Å². The quantitative estimate of drug-likeness (QED) is 0.781. The third-order valence-corrected chi connectivity index (χ3v) is 4.71. The molecule has 1 aromatic heterocycles. The lowest BCUT2D eigenvalue weighted by molar-refractivity contribution is -0.111. The SMILES string of the molecule is O=C(/C=C/c1cccs1)Nc1ccc(C(=O)NCC2CCCO2)cc1. The number of ether oxygens (including phenoxy) is 1. The lowest BCUT2D eigenvalue weighted by Gasteiger charge is -2.11. The molecule has 2 heterocycles. The fraction of sp³-hybridized carbons (Fsp3) is 0.263. The van der Waals surface area contributed by atoms with Crippen LogP contribution in [0.4, 0.5) is 5.69 Å². The van der Waals surface area contributed by atoms with E-state index in [0.29, 0.717) is 17.8 Å². The Morgan fingerprint density at radius 1 is 1.24 bits per heavy atom. The smallest absolute Gasteiger partial charge is 0.251 e. The molecule has 25 heavy (non-hydrogen) atoms. The van der Waals surface area contributed by atoms with Crippen molar-refractivity contribution in [2.75, 3.05) is 18.5 Å². The minimum absolute atomic E-state index is 0.123. The fourth-order valence-corrected chi connectivity index (χ4v) is 3.16. The summed E-state index contributed by atoms with van der Waals surface area (Å²) in [6, 6.07) is 10.7. The Balaban J connectivity index is 1.49. The van der Waals surface area contributed by atoms with Crippen molar-refractivity contribution >= 4 is 34.9 Å². The van der Waals surface area contributed by atoms with Gasteiger partial charge in [-0.25, -0.2) is 0 Å². The van der Waals surface area contributed by atoms with E-state index in [-0.39, 0.29) is 17.9 Å². The number of hydrogen-bond acceptors (Lipinski definition) is 4. The molecular weight excluding hydrogens is 336 g/mol. The zero-order valence-corrected chi connectivity index (χ0v) is 14.6. The highest BCUT2D eigenvalue weighted by Gasteiger charge is 2.16. The molecule has 0 aliphatic carbocycles. The number of benzene rings is 1. The van der Waals surface area contributed by atoms with Gasteiger partial charge < -0.3 is 15.4 Å². The van der Waals surface area contributed by atoms with E-state index >= 15 is 0 Å². The normalized spacial score (nSPS) is 16.9. The number of carbonyl (C=O) groups excluding carboxylic acids is 2. The molecule has 130 valence electrons. The summed E-state index contributed by atoms with van der Waals surface area (Å²) in [4.78, 5) is 25.0. The molecule has 1 saturated heterocycles.